The number of aromatic nitrogens is 2. The third-order valence-electron chi connectivity index (χ3n) is 6.50. The van der Waals surface area contributed by atoms with Crippen LogP contribution < -0.4 is 15.3 Å². The molecule has 0 aliphatic carbocycles. The summed E-state index contributed by atoms with van der Waals surface area (Å²) >= 11 is 6.64. The van der Waals surface area contributed by atoms with Gasteiger partial charge >= 0.3 is 11.8 Å². The van der Waals surface area contributed by atoms with Crippen LogP contribution in [-0.4, -0.2) is 74.8 Å². The number of rotatable bonds is 3. The molecule has 2 aliphatic rings. The van der Waals surface area contributed by atoms with Gasteiger partial charge in [-0.25, -0.2) is 14.0 Å². The fourth-order valence-electron chi connectivity index (χ4n) is 4.85. The smallest absolute Gasteiger partial charge is 0.407 e. The van der Waals surface area contributed by atoms with E-state index in [1.54, 1.807) is 0 Å². The summed E-state index contributed by atoms with van der Waals surface area (Å²) in [6.07, 6.45) is -1.03. The number of aliphatic hydroxyl groups is 1. The van der Waals surface area contributed by atoms with Gasteiger partial charge in [0.05, 0.1) is 34.3 Å². The Morgan fingerprint density at radius 3 is 2.74 bits per heavy atom. The van der Waals surface area contributed by atoms with Crippen molar-refractivity contribution >= 4 is 34.4 Å². The Morgan fingerprint density at radius 2 is 2.09 bits per heavy atom. The molecule has 1 saturated heterocycles. The summed E-state index contributed by atoms with van der Waals surface area (Å²) in [5, 5.41) is 30.2. The van der Waals surface area contributed by atoms with Crippen molar-refractivity contribution in [3.63, 3.8) is 0 Å². The molecule has 1 aromatic heterocycles. The molecule has 5 rings (SSSR count). The van der Waals surface area contributed by atoms with Crippen LogP contribution in [0, 0.1) is 5.82 Å². The third-order valence-corrected chi connectivity index (χ3v) is 6.80. The van der Waals surface area contributed by atoms with Crippen LogP contribution in [0.5, 0.6) is 11.5 Å². The maximum atomic E-state index is 14.8. The number of carbonyl (C=O) groups is 1. The average molecular weight is 505 g/mol. The molecular weight excluding hydrogens is 483 g/mol. The van der Waals surface area contributed by atoms with E-state index in [1.165, 1.54) is 33.7 Å². The van der Waals surface area contributed by atoms with E-state index < -0.39 is 30.2 Å². The molecule has 1 fully saturated rings. The van der Waals surface area contributed by atoms with E-state index >= 15 is 0 Å². The number of aliphatic hydroxyl groups excluding tert-OH is 1. The number of phenols is 1. The van der Waals surface area contributed by atoms with Gasteiger partial charge in [0, 0.05) is 31.1 Å². The Kier molecular flexibility index (Phi) is 5.68. The minimum absolute atomic E-state index is 0.0698. The first-order valence-corrected chi connectivity index (χ1v) is 11.4. The van der Waals surface area contributed by atoms with Crippen LogP contribution in [0.3, 0.4) is 0 Å². The summed E-state index contributed by atoms with van der Waals surface area (Å²) in [7, 11) is 0. The van der Waals surface area contributed by atoms with Crippen molar-refractivity contribution in [1.82, 2.24) is 14.5 Å². The average Bonchev–Trinajstić information content (AvgIpc) is 2.82. The minimum atomic E-state index is -1.03. The normalized spacial score (nSPS) is 19.7. The maximum absolute atomic E-state index is 14.8. The number of piperazine rings is 1. The topological polar surface area (TPSA) is 128 Å². The molecule has 10 nitrogen and oxygen atoms in total. The Bertz CT molecular complexity index is 1390. The number of phenolic OH excluding ortho intramolecular Hbond substituents is 1. The number of anilines is 1. The highest BCUT2D eigenvalue weighted by Crippen LogP contribution is 2.49. The van der Waals surface area contributed by atoms with Gasteiger partial charge < -0.3 is 29.9 Å². The molecule has 0 saturated carbocycles. The van der Waals surface area contributed by atoms with Crippen molar-refractivity contribution in [1.29, 1.82) is 0 Å². The number of benzene rings is 2. The molecule has 0 spiro atoms. The van der Waals surface area contributed by atoms with Crippen LogP contribution >= 0.6 is 11.6 Å². The first kappa shape index (κ1) is 23.2. The van der Waals surface area contributed by atoms with E-state index in [-0.39, 0.29) is 71.3 Å². The predicted molar refractivity (Wildman–Crippen MR) is 126 cm³/mol. The Hall–Kier alpha value is -3.57. The Balaban J connectivity index is 1.80. The van der Waals surface area contributed by atoms with E-state index in [0.29, 0.717) is 5.39 Å². The predicted octanol–water partition coefficient (Wildman–Crippen LogP) is 2.68. The molecule has 2 aromatic carbocycles. The number of aromatic hydroxyl groups is 1. The lowest BCUT2D eigenvalue weighted by Crippen LogP contribution is -2.54. The van der Waals surface area contributed by atoms with Gasteiger partial charge in [-0.15, -0.1) is 0 Å². The lowest BCUT2D eigenvalue weighted by Gasteiger charge is -2.40. The molecule has 0 radical (unpaired) electrons. The Labute approximate surface area is 203 Å². The first-order chi connectivity index (χ1) is 16.7. The molecule has 1 amide bonds. The zero-order valence-corrected chi connectivity index (χ0v) is 19.4. The summed E-state index contributed by atoms with van der Waals surface area (Å²) in [5.74, 6) is -0.697. The van der Waals surface area contributed by atoms with Crippen LogP contribution in [0.4, 0.5) is 15.0 Å². The van der Waals surface area contributed by atoms with Crippen molar-refractivity contribution < 1.29 is 29.2 Å². The summed E-state index contributed by atoms with van der Waals surface area (Å²) < 4.78 is 22.1. The lowest BCUT2D eigenvalue weighted by atomic mass is 9.98. The monoisotopic (exact) mass is 504 g/mol. The Morgan fingerprint density at radius 1 is 1.31 bits per heavy atom. The molecule has 35 heavy (non-hydrogen) atoms. The van der Waals surface area contributed by atoms with Gasteiger partial charge in [-0.1, -0.05) is 17.7 Å². The van der Waals surface area contributed by atoms with E-state index in [4.69, 9.17) is 16.3 Å². The first-order valence-electron chi connectivity index (χ1n) is 11.0. The van der Waals surface area contributed by atoms with Crippen LogP contribution in [0.25, 0.3) is 22.0 Å². The standard InChI is InChI=1S/C23H22ClFN4O6/c1-11-8-27(23(33)34)5-6-28(11)21-13-7-14(24)17(18-15(25)3-2-4-16(18)31)20-19(13)29(22(32)26-21)12(9-30)10-35-20/h2-4,7,11-12,30-31H,5-6,8-10H2,1H3,(H,33,34)/t11?,12-/m0/s1. The van der Waals surface area contributed by atoms with Crippen molar-refractivity contribution in [2.24, 2.45) is 0 Å². The number of hydrogen-bond acceptors (Lipinski definition) is 7. The van der Waals surface area contributed by atoms with Gasteiger partial charge in [0.15, 0.2) is 5.75 Å². The number of hydrogen-bond donors (Lipinski definition) is 3. The van der Waals surface area contributed by atoms with Gasteiger partial charge in [0.2, 0.25) is 0 Å². The molecule has 3 aromatic rings. The van der Waals surface area contributed by atoms with Gasteiger partial charge in [-0.2, -0.15) is 4.98 Å². The molecule has 2 aliphatic heterocycles. The zero-order valence-electron chi connectivity index (χ0n) is 18.6. The number of ether oxygens (including phenoxy) is 1. The summed E-state index contributed by atoms with van der Waals surface area (Å²) in [6, 6.07) is 4.34. The van der Waals surface area contributed by atoms with Gasteiger partial charge in [-0.05, 0) is 25.1 Å². The van der Waals surface area contributed by atoms with Crippen LogP contribution in [0.2, 0.25) is 5.02 Å². The quantitative estimate of drug-likeness (QED) is 0.496. The molecule has 3 N–H and O–H groups in total. The number of halogens is 2. The van der Waals surface area contributed by atoms with Crippen molar-refractivity contribution in [2.45, 2.75) is 19.0 Å². The SMILES string of the molecule is CC1CN(C(=O)O)CCN1c1nc(=O)n2c3c(c(-c4c(O)cccc4F)c(Cl)cc13)OC[C@@H]2CO. The fourth-order valence-corrected chi connectivity index (χ4v) is 5.14. The highest BCUT2D eigenvalue weighted by molar-refractivity contribution is 6.35. The number of nitrogens with zero attached hydrogens (tertiary/aromatic N) is 4. The minimum Gasteiger partial charge on any atom is -0.507 e. The fraction of sp³-hybridized carbons (Fsp3) is 0.348. The second kappa shape index (κ2) is 8.58. The molecule has 3 heterocycles. The van der Waals surface area contributed by atoms with Crippen molar-refractivity contribution in [3.8, 4) is 22.6 Å². The molecule has 2 atom stereocenters. The largest absolute Gasteiger partial charge is 0.507 e. The zero-order chi connectivity index (χ0) is 25.0. The molecular formula is C23H22ClFN4O6. The van der Waals surface area contributed by atoms with E-state index in [1.807, 2.05) is 11.8 Å². The summed E-state index contributed by atoms with van der Waals surface area (Å²) in [4.78, 5) is 32.0. The summed E-state index contributed by atoms with van der Waals surface area (Å²) in [6.45, 7) is 2.04. The summed E-state index contributed by atoms with van der Waals surface area (Å²) in [5.41, 5.74) is -0.465. The van der Waals surface area contributed by atoms with Crippen LogP contribution in [0.1, 0.15) is 13.0 Å². The lowest BCUT2D eigenvalue weighted by molar-refractivity contribution is 0.136. The highest BCUT2D eigenvalue weighted by Gasteiger charge is 2.34. The second-order valence-electron chi connectivity index (χ2n) is 8.60. The van der Waals surface area contributed by atoms with Gasteiger partial charge in [0.25, 0.3) is 0 Å². The van der Waals surface area contributed by atoms with Crippen LogP contribution in [-0.2, 0) is 0 Å². The van der Waals surface area contributed by atoms with Crippen molar-refractivity contribution in [3.05, 3.63) is 45.6 Å². The number of carboxylic acid groups (broad SMARTS) is 1. The van der Waals surface area contributed by atoms with E-state index in [2.05, 4.69) is 4.98 Å². The van der Waals surface area contributed by atoms with Crippen molar-refractivity contribution in [2.75, 3.05) is 37.7 Å². The highest BCUT2D eigenvalue weighted by atomic mass is 35.5. The van der Waals surface area contributed by atoms with Crippen LogP contribution in [0.15, 0.2) is 29.1 Å². The molecule has 12 heteroatoms. The molecule has 1 unspecified atom stereocenters. The van der Waals surface area contributed by atoms with E-state index in [9.17, 15) is 29.3 Å². The molecule has 184 valence electrons. The van der Waals surface area contributed by atoms with Gasteiger partial charge in [-0.3, -0.25) is 4.57 Å². The van der Waals surface area contributed by atoms with Gasteiger partial charge in [0.1, 0.15) is 24.0 Å². The maximum Gasteiger partial charge on any atom is 0.407 e. The molecule has 0 bridgehead atoms. The second-order valence-corrected chi connectivity index (χ2v) is 9.01. The number of amides is 1. The van der Waals surface area contributed by atoms with E-state index in [0.717, 1.165) is 0 Å². The third kappa shape index (κ3) is 3.62.